The van der Waals surface area contributed by atoms with E-state index in [9.17, 15) is 14.4 Å². The second kappa shape index (κ2) is 7.93. The molecule has 0 saturated carbocycles. The first-order valence-electron chi connectivity index (χ1n) is 6.88. The van der Waals surface area contributed by atoms with Crippen molar-refractivity contribution in [1.29, 1.82) is 0 Å². The molecule has 23 heavy (non-hydrogen) atoms. The lowest BCUT2D eigenvalue weighted by Gasteiger charge is -2.07. The van der Waals surface area contributed by atoms with Gasteiger partial charge in [-0.3, -0.25) is 14.5 Å². The molecule has 0 aliphatic heterocycles. The summed E-state index contributed by atoms with van der Waals surface area (Å²) in [5.41, 5.74) is 0.0445. The summed E-state index contributed by atoms with van der Waals surface area (Å²) in [4.78, 5) is 39.5. The Hall–Kier alpha value is -2.13. The molecule has 2 rings (SSSR count). The number of imidazole rings is 1. The number of hydrogen-bond acceptors (Lipinski definition) is 6. The highest BCUT2D eigenvalue weighted by atomic mass is 35.5. The Labute approximate surface area is 140 Å². The lowest BCUT2D eigenvalue weighted by atomic mass is 10.3. The monoisotopic (exact) mass is 358 g/mol. The molecule has 2 aromatic heterocycles. The predicted octanol–water partition coefficient (Wildman–Crippen LogP) is 1.83. The highest BCUT2D eigenvalue weighted by Gasteiger charge is 2.21. The molecule has 0 aromatic carbocycles. The van der Waals surface area contributed by atoms with E-state index in [4.69, 9.17) is 16.3 Å². The molecule has 0 radical (unpaired) electrons. The van der Waals surface area contributed by atoms with Crippen molar-refractivity contribution < 1.29 is 19.1 Å². The van der Waals surface area contributed by atoms with Crippen molar-refractivity contribution in [2.45, 2.75) is 19.8 Å². The minimum Gasteiger partial charge on any atom is -0.451 e. The van der Waals surface area contributed by atoms with E-state index in [0.717, 1.165) is 12.8 Å². The van der Waals surface area contributed by atoms with Crippen LogP contribution in [0.3, 0.4) is 0 Å². The smallest absolute Gasteiger partial charge is 0.359 e. The SMILES string of the molecule is CCCCNC(=O)NC(=O)COC(=O)c1c(Cl)nc2sccn12. The van der Waals surface area contributed by atoms with Crippen molar-refractivity contribution in [3.8, 4) is 0 Å². The zero-order valence-electron chi connectivity index (χ0n) is 12.3. The lowest BCUT2D eigenvalue weighted by molar-refractivity contribution is -0.123. The summed E-state index contributed by atoms with van der Waals surface area (Å²) in [7, 11) is 0. The molecule has 0 atom stereocenters. The summed E-state index contributed by atoms with van der Waals surface area (Å²) < 4.78 is 6.34. The number of esters is 1. The number of thiazole rings is 1. The number of ether oxygens (including phenoxy) is 1. The topological polar surface area (TPSA) is 102 Å². The molecule has 0 spiro atoms. The van der Waals surface area contributed by atoms with Gasteiger partial charge in [0.25, 0.3) is 5.91 Å². The van der Waals surface area contributed by atoms with Crippen molar-refractivity contribution >= 4 is 45.8 Å². The zero-order chi connectivity index (χ0) is 16.8. The van der Waals surface area contributed by atoms with Crippen LogP contribution in [0.25, 0.3) is 4.96 Å². The van der Waals surface area contributed by atoms with Gasteiger partial charge in [-0.2, -0.15) is 0 Å². The highest BCUT2D eigenvalue weighted by Crippen LogP contribution is 2.21. The van der Waals surface area contributed by atoms with Gasteiger partial charge in [0.05, 0.1) is 0 Å². The molecule has 8 nitrogen and oxygen atoms in total. The molecular weight excluding hydrogens is 344 g/mol. The number of halogens is 1. The number of carbonyl (C=O) groups is 3. The average molecular weight is 359 g/mol. The quantitative estimate of drug-likeness (QED) is 0.606. The normalized spacial score (nSPS) is 10.5. The molecule has 124 valence electrons. The van der Waals surface area contributed by atoms with Crippen molar-refractivity contribution in [3.63, 3.8) is 0 Å². The third kappa shape index (κ3) is 4.42. The molecule has 0 aliphatic carbocycles. The van der Waals surface area contributed by atoms with Gasteiger partial charge in [-0.1, -0.05) is 24.9 Å². The number of nitrogens with zero attached hydrogens (tertiary/aromatic N) is 2. The summed E-state index contributed by atoms with van der Waals surface area (Å²) >= 11 is 7.19. The van der Waals surface area contributed by atoms with Gasteiger partial charge in [0.1, 0.15) is 0 Å². The highest BCUT2D eigenvalue weighted by molar-refractivity contribution is 7.15. The maximum atomic E-state index is 12.0. The Bertz CT molecular complexity index is 727. The second-order valence-corrected chi connectivity index (χ2v) is 5.77. The minimum atomic E-state index is -0.789. The molecule has 2 N–H and O–H groups in total. The summed E-state index contributed by atoms with van der Waals surface area (Å²) in [5.74, 6) is -1.52. The fraction of sp³-hybridized carbons (Fsp3) is 0.385. The van der Waals surface area contributed by atoms with Gasteiger partial charge in [-0.05, 0) is 6.42 Å². The summed E-state index contributed by atoms with van der Waals surface area (Å²) in [6.07, 6.45) is 3.36. The van der Waals surface area contributed by atoms with Gasteiger partial charge in [-0.25, -0.2) is 14.6 Å². The molecule has 3 amide bonds. The molecule has 0 fully saturated rings. The van der Waals surface area contributed by atoms with Gasteiger partial charge < -0.3 is 10.1 Å². The Morgan fingerprint density at radius 3 is 2.96 bits per heavy atom. The summed E-state index contributed by atoms with van der Waals surface area (Å²) in [5, 5.41) is 6.32. The van der Waals surface area contributed by atoms with Gasteiger partial charge >= 0.3 is 12.0 Å². The van der Waals surface area contributed by atoms with Crippen LogP contribution in [0.1, 0.15) is 30.3 Å². The molecular formula is C13H15ClN4O4S. The first kappa shape index (κ1) is 17.2. The van der Waals surface area contributed by atoms with Crippen LogP contribution < -0.4 is 10.6 Å². The van der Waals surface area contributed by atoms with Crippen LogP contribution in [0.2, 0.25) is 5.15 Å². The van der Waals surface area contributed by atoms with Crippen molar-refractivity contribution in [3.05, 3.63) is 22.4 Å². The van der Waals surface area contributed by atoms with Crippen molar-refractivity contribution in [2.24, 2.45) is 0 Å². The van der Waals surface area contributed by atoms with Crippen molar-refractivity contribution in [2.75, 3.05) is 13.2 Å². The van der Waals surface area contributed by atoms with E-state index in [1.54, 1.807) is 11.6 Å². The van der Waals surface area contributed by atoms with Gasteiger partial charge in [0.2, 0.25) is 0 Å². The van der Waals surface area contributed by atoms with E-state index >= 15 is 0 Å². The number of rotatable bonds is 6. The third-order valence-corrected chi connectivity index (χ3v) is 3.84. The van der Waals surface area contributed by atoms with Gasteiger partial charge in [0, 0.05) is 18.1 Å². The standard InChI is InChI=1S/C13H15ClN4O4S/c1-2-3-4-15-12(21)16-8(19)7-22-11(20)9-10(14)17-13-18(9)5-6-23-13/h5-6H,2-4,7H2,1H3,(H2,15,16,19,21). The Morgan fingerprint density at radius 1 is 1.43 bits per heavy atom. The van der Waals surface area contributed by atoms with E-state index in [-0.39, 0.29) is 10.8 Å². The van der Waals surface area contributed by atoms with E-state index < -0.39 is 24.5 Å². The lowest BCUT2D eigenvalue weighted by Crippen LogP contribution is -2.41. The zero-order valence-corrected chi connectivity index (χ0v) is 13.9. The number of urea groups is 1. The second-order valence-electron chi connectivity index (χ2n) is 4.54. The third-order valence-electron chi connectivity index (χ3n) is 2.82. The van der Waals surface area contributed by atoms with E-state index in [0.29, 0.717) is 11.5 Å². The first-order valence-corrected chi connectivity index (χ1v) is 8.14. The molecule has 2 aromatic rings. The maximum Gasteiger partial charge on any atom is 0.359 e. The summed E-state index contributed by atoms with van der Waals surface area (Å²) in [6, 6.07) is -0.623. The number of imide groups is 1. The van der Waals surface area contributed by atoms with Crippen LogP contribution in [-0.2, 0) is 9.53 Å². The fourth-order valence-electron chi connectivity index (χ4n) is 1.73. The largest absolute Gasteiger partial charge is 0.451 e. The predicted molar refractivity (Wildman–Crippen MR) is 84.8 cm³/mol. The van der Waals surface area contributed by atoms with Crippen LogP contribution in [0.15, 0.2) is 11.6 Å². The Balaban J connectivity index is 1.84. The molecule has 0 unspecified atom stereocenters. The molecule has 2 heterocycles. The fourth-order valence-corrected chi connectivity index (χ4v) is 2.74. The molecule has 0 aliphatic rings. The number of fused-ring (bicyclic) bond motifs is 1. The maximum absolute atomic E-state index is 12.0. The molecule has 0 saturated heterocycles. The van der Waals surface area contributed by atoms with Crippen LogP contribution in [-0.4, -0.2) is 40.4 Å². The number of aromatic nitrogens is 2. The average Bonchev–Trinajstić information content (AvgIpc) is 3.04. The first-order chi connectivity index (χ1) is 11.0. The van der Waals surface area contributed by atoms with E-state index in [2.05, 4.69) is 15.6 Å². The molecule has 10 heteroatoms. The van der Waals surface area contributed by atoms with Gasteiger partial charge in [-0.15, -0.1) is 11.3 Å². The van der Waals surface area contributed by atoms with Crippen LogP contribution in [0.5, 0.6) is 0 Å². The molecule has 0 bridgehead atoms. The Kier molecular flexibility index (Phi) is 5.94. The number of amides is 3. The summed E-state index contributed by atoms with van der Waals surface area (Å²) in [6.45, 7) is 1.86. The number of nitrogens with one attached hydrogen (secondary N) is 2. The Morgan fingerprint density at radius 2 is 2.22 bits per heavy atom. The number of carbonyl (C=O) groups excluding carboxylic acids is 3. The van der Waals surface area contributed by atoms with Gasteiger partial charge in [0.15, 0.2) is 22.4 Å². The van der Waals surface area contributed by atoms with Crippen LogP contribution in [0, 0.1) is 0 Å². The minimum absolute atomic E-state index is 0.000401. The van der Waals surface area contributed by atoms with E-state index in [1.807, 2.05) is 6.92 Å². The van der Waals surface area contributed by atoms with Crippen LogP contribution >= 0.6 is 22.9 Å². The number of hydrogen-bond donors (Lipinski definition) is 2. The van der Waals surface area contributed by atoms with Crippen molar-refractivity contribution in [1.82, 2.24) is 20.0 Å². The van der Waals surface area contributed by atoms with Crippen LogP contribution in [0.4, 0.5) is 4.79 Å². The number of unbranched alkanes of at least 4 members (excludes halogenated alkanes) is 1. The van der Waals surface area contributed by atoms with E-state index in [1.165, 1.54) is 15.7 Å².